The molecule has 1 saturated carbocycles. The molecular formula is C11H21NO2. The highest BCUT2D eigenvalue weighted by Crippen LogP contribution is 2.27. The molecule has 1 aliphatic carbocycles. The van der Waals surface area contributed by atoms with Crippen LogP contribution in [0.1, 0.15) is 32.6 Å². The monoisotopic (exact) mass is 199 g/mol. The fraction of sp³-hybridized carbons (Fsp3) is 1.00. The number of rotatable bonds is 2. The summed E-state index contributed by atoms with van der Waals surface area (Å²) in [4.78, 5) is 2.47. The molecule has 0 spiro atoms. The van der Waals surface area contributed by atoms with E-state index in [-0.39, 0.29) is 6.10 Å². The zero-order valence-electron chi connectivity index (χ0n) is 8.98. The quantitative estimate of drug-likeness (QED) is 0.720. The van der Waals surface area contributed by atoms with Crippen LogP contribution in [0.4, 0.5) is 0 Å². The lowest BCUT2D eigenvalue weighted by molar-refractivity contribution is -0.0518. The van der Waals surface area contributed by atoms with E-state index in [4.69, 9.17) is 4.74 Å². The fourth-order valence-corrected chi connectivity index (χ4v) is 2.76. The largest absolute Gasteiger partial charge is 0.391 e. The Labute approximate surface area is 86.0 Å². The van der Waals surface area contributed by atoms with Crippen LogP contribution in [0.15, 0.2) is 0 Å². The lowest BCUT2D eigenvalue weighted by atomic mass is 10.1. The lowest BCUT2D eigenvalue weighted by Crippen LogP contribution is -2.52. The van der Waals surface area contributed by atoms with Gasteiger partial charge >= 0.3 is 0 Å². The zero-order valence-corrected chi connectivity index (χ0v) is 8.98. The maximum Gasteiger partial charge on any atom is 0.0695 e. The van der Waals surface area contributed by atoms with E-state index in [1.807, 2.05) is 0 Å². The minimum Gasteiger partial charge on any atom is -0.391 e. The average molecular weight is 199 g/mol. The van der Waals surface area contributed by atoms with Gasteiger partial charge in [0, 0.05) is 18.6 Å². The number of aliphatic hydroxyl groups excluding tert-OH is 1. The number of hydrogen-bond donors (Lipinski definition) is 1. The molecule has 2 fully saturated rings. The van der Waals surface area contributed by atoms with Crippen LogP contribution in [0, 0.1) is 0 Å². The topological polar surface area (TPSA) is 32.7 Å². The van der Waals surface area contributed by atoms with E-state index < -0.39 is 0 Å². The molecule has 2 aliphatic rings. The van der Waals surface area contributed by atoms with Crippen molar-refractivity contribution in [2.75, 3.05) is 19.8 Å². The third-order valence-electron chi connectivity index (χ3n) is 3.61. The maximum absolute atomic E-state index is 9.87. The number of ether oxygens (including phenoxy) is 1. The minimum absolute atomic E-state index is 0.0952. The highest BCUT2D eigenvalue weighted by atomic mass is 16.5. The highest BCUT2D eigenvalue weighted by Gasteiger charge is 2.35. The molecule has 0 bridgehead atoms. The van der Waals surface area contributed by atoms with Gasteiger partial charge in [0.2, 0.25) is 0 Å². The summed E-state index contributed by atoms with van der Waals surface area (Å²) in [6, 6.07) is 0.936. The van der Waals surface area contributed by atoms with E-state index in [0.717, 1.165) is 39.0 Å². The normalized spacial score (nSPS) is 40.3. The third-order valence-corrected chi connectivity index (χ3v) is 3.61. The van der Waals surface area contributed by atoms with E-state index in [1.54, 1.807) is 0 Å². The van der Waals surface area contributed by atoms with Crippen molar-refractivity contribution < 1.29 is 9.84 Å². The van der Waals surface area contributed by atoms with Crippen LogP contribution >= 0.6 is 0 Å². The summed E-state index contributed by atoms with van der Waals surface area (Å²) in [5.74, 6) is 0. The molecule has 3 nitrogen and oxygen atoms in total. The molecule has 0 amide bonds. The van der Waals surface area contributed by atoms with Gasteiger partial charge in [-0.05, 0) is 25.7 Å². The molecule has 82 valence electrons. The van der Waals surface area contributed by atoms with Crippen molar-refractivity contribution in [3.05, 3.63) is 0 Å². The third kappa shape index (κ3) is 1.95. The molecule has 3 atom stereocenters. The molecule has 0 aromatic carbocycles. The Morgan fingerprint density at radius 3 is 2.93 bits per heavy atom. The SMILES string of the molecule is CCC1COCCN1C1CCCC1O. The van der Waals surface area contributed by atoms with Crippen molar-refractivity contribution in [2.45, 2.75) is 50.8 Å². The molecule has 1 saturated heterocycles. The molecule has 3 heteroatoms. The van der Waals surface area contributed by atoms with Crippen LogP contribution in [0.3, 0.4) is 0 Å². The van der Waals surface area contributed by atoms with E-state index >= 15 is 0 Å². The van der Waals surface area contributed by atoms with Gasteiger partial charge < -0.3 is 9.84 Å². The van der Waals surface area contributed by atoms with Gasteiger partial charge in [-0.2, -0.15) is 0 Å². The fourth-order valence-electron chi connectivity index (χ4n) is 2.76. The number of nitrogens with zero attached hydrogens (tertiary/aromatic N) is 1. The average Bonchev–Trinajstić information content (AvgIpc) is 2.64. The van der Waals surface area contributed by atoms with Crippen molar-refractivity contribution in [2.24, 2.45) is 0 Å². The summed E-state index contributed by atoms with van der Waals surface area (Å²) in [6.07, 6.45) is 4.36. The van der Waals surface area contributed by atoms with Gasteiger partial charge in [-0.15, -0.1) is 0 Å². The number of aliphatic hydroxyl groups is 1. The molecule has 1 N–H and O–H groups in total. The first kappa shape index (κ1) is 10.4. The Bertz CT molecular complexity index is 186. The van der Waals surface area contributed by atoms with Crippen LogP contribution in [-0.4, -0.2) is 48.0 Å². The van der Waals surface area contributed by atoms with Crippen LogP contribution in [0.5, 0.6) is 0 Å². The van der Waals surface area contributed by atoms with Gasteiger partial charge in [0.05, 0.1) is 19.3 Å². The first-order valence-corrected chi connectivity index (χ1v) is 5.84. The number of morpholine rings is 1. The Balaban J connectivity index is 1.99. The Morgan fingerprint density at radius 1 is 1.43 bits per heavy atom. The molecule has 0 radical (unpaired) electrons. The summed E-state index contributed by atoms with van der Waals surface area (Å²) in [5.41, 5.74) is 0. The van der Waals surface area contributed by atoms with Crippen LogP contribution in [-0.2, 0) is 4.74 Å². The zero-order chi connectivity index (χ0) is 9.97. The smallest absolute Gasteiger partial charge is 0.0695 e. The second-order valence-corrected chi connectivity index (χ2v) is 4.44. The van der Waals surface area contributed by atoms with Gasteiger partial charge in [-0.1, -0.05) is 6.92 Å². The summed E-state index contributed by atoms with van der Waals surface area (Å²) in [6.45, 7) is 4.88. The first-order chi connectivity index (χ1) is 6.83. The second-order valence-electron chi connectivity index (χ2n) is 4.44. The maximum atomic E-state index is 9.87. The Kier molecular flexibility index (Phi) is 3.42. The molecular weight excluding hydrogens is 178 g/mol. The second kappa shape index (κ2) is 4.60. The number of hydrogen-bond acceptors (Lipinski definition) is 3. The molecule has 2 rings (SSSR count). The van der Waals surface area contributed by atoms with E-state index in [1.165, 1.54) is 6.42 Å². The minimum atomic E-state index is -0.0952. The van der Waals surface area contributed by atoms with Gasteiger partial charge in [-0.25, -0.2) is 0 Å². The summed E-state index contributed by atoms with van der Waals surface area (Å²) in [7, 11) is 0. The van der Waals surface area contributed by atoms with Crippen LogP contribution in [0.2, 0.25) is 0 Å². The summed E-state index contributed by atoms with van der Waals surface area (Å²) < 4.78 is 5.47. The summed E-state index contributed by atoms with van der Waals surface area (Å²) in [5, 5.41) is 9.87. The summed E-state index contributed by atoms with van der Waals surface area (Å²) >= 11 is 0. The van der Waals surface area contributed by atoms with E-state index in [9.17, 15) is 5.11 Å². The molecule has 14 heavy (non-hydrogen) atoms. The van der Waals surface area contributed by atoms with E-state index in [0.29, 0.717) is 12.1 Å². The van der Waals surface area contributed by atoms with Crippen molar-refractivity contribution >= 4 is 0 Å². The molecule has 0 aromatic heterocycles. The standard InChI is InChI=1S/C11H21NO2/c1-2-9-8-14-7-6-12(9)10-4-3-5-11(10)13/h9-11,13H,2-8H2,1H3. The molecule has 1 aliphatic heterocycles. The van der Waals surface area contributed by atoms with Gasteiger partial charge in [0.15, 0.2) is 0 Å². The van der Waals surface area contributed by atoms with Crippen molar-refractivity contribution in [3.63, 3.8) is 0 Å². The predicted octanol–water partition coefficient (Wildman–Crippen LogP) is 1.01. The van der Waals surface area contributed by atoms with Gasteiger partial charge in [0.25, 0.3) is 0 Å². The van der Waals surface area contributed by atoms with Crippen molar-refractivity contribution in [3.8, 4) is 0 Å². The Hall–Kier alpha value is -0.120. The van der Waals surface area contributed by atoms with Gasteiger partial charge in [0.1, 0.15) is 0 Å². The van der Waals surface area contributed by atoms with Gasteiger partial charge in [-0.3, -0.25) is 4.90 Å². The first-order valence-electron chi connectivity index (χ1n) is 5.84. The molecule has 3 unspecified atom stereocenters. The molecule has 0 aromatic rings. The predicted molar refractivity (Wildman–Crippen MR) is 55.2 cm³/mol. The highest BCUT2D eigenvalue weighted by molar-refractivity contribution is 4.89. The van der Waals surface area contributed by atoms with Crippen molar-refractivity contribution in [1.82, 2.24) is 4.90 Å². The van der Waals surface area contributed by atoms with E-state index in [2.05, 4.69) is 11.8 Å². The molecule has 1 heterocycles. The Morgan fingerprint density at radius 2 is 2.29 bits per heavy atom. The van der Waals surface area contributed by atoms with Crippen molar-refractivity contribution in [1.29, 1.82) is 0 Å². The van der Waals surface area contributed by atoms with Crippen LogP contribution < -0.4 is 0 Å². The lowest BCUT2D eigenvalue weighted by Gasteiger charge is -2.40. The van der Waals surface area contributed by atoms with Crippen LogP contribution in [0.25, 0.3) is 0 Å².